The van der Waals surface area contributed by atoms with Gasteiger partial charge in [0.25, 0.3) is 0 Å². The number of rotatable bonds is 7. The molecule has 1 amide bonds. The average Bonchev–Trinajstić information content (AvgIpc) is 3.34. The molecule has 2 aromatic heterocycles. The maximum absolute atomic E-state index is 12.4. The van der Waals surface area contributed by atoms with E-state index < -0.39 is 0 Å². The fourth-order valence-electron chi connectivity index (χ4n) is 3.96. The van der Waals surface area contributed by atoms with E-state index in [1.54, 1.807) is 0 Å². The second-order valence-electron chi connectivity index (χ2n) is 8.52. The Morgan fingerprint density at radius 2 is 2.03 bits per heavy atom. The molecular formula is C23H31N5O2. The summed E-state index contributed by atoms with van der Waals surface area (Å²) in [7, 11) is 0. The van der Waals surface area contributed by atoms with Crippen LogP contribution >= 0.6 is 0 Å². The third kappa shape index (κ3) is 4.56. The van der Waals surface area contributed by atoms with Gasteiger partial charge in [-0.05, 0) is 51.3 Å². The fraction of sp³-hybridized carbons (Fsp3) is 0.522. The van der Waals surface area contributed by atoms with E-state index >= 15 is 0 Å². The van der Waals surface area contributed by atoms with Crippen molar-refractivity contribution < 1.29 is 9.21 Å². The highest BCUT2D eigenvalue weighted by Crippen LogP contribution is 2.30. The quantitative estimate of drug-likeness (QED) is 0.642. The Balaban J connectivity index is 1.54. The summed E-state index contributed by atoms with van der Waals surface area (Å²) in [6.45, 7) is 9.48. The summed E-state index contributed by atoms with van der Waals surface area (Å²) >= 11 is 0. The van der Waals surface area contributed by atoms with Crippen LogP contribution in [-0.4, -0.2) is 44.7 Å². The number of nitrogens with zero attached hydrogens (tertiary/aromatic N) is 4. The Morgan fingerprint density at radius 3 is 2.80 bits per heavy atom. The molecule has 0 bridgehead atoms. The van der Waals surface area contributed by atoms with E-state index in [0.29, 0.717) is 18.3 Å². The molecule has 0 aliphatic carbocycles. The summed E-state index contributed by atoms with van der Waals surface area (Å²) in [6, 6.07) is 8.17. The predicted molar refractivity (Wildman–Crippen MR) is 117 cm³/mol. The molecule has 1 aliphatic rings. The molecule has 1 aliphatic heterocycles. The molecule has 160 valence electrons. The summed E-state index contributed by atoms with van der Waals surface area (Å²) in [4.78, 5) is 14.8. The summed E-state index contributed by atoms with van der Waals surface area (Å²) in [5.74, 6) is 1.95. The molecule has 1 fully saturated rings. The van der Waals surface area contributed by atoms with Gasteiger partial charge in [0, 0.05) is 23.1 Å². The highest BCUT2D eigenvalue weighted by molar-refractivity contribution is 5.94. The molecule has 1 aromatic carbocycles. The Hall–Kier alpha value is -2.67. The van der Waals surface area contributed by atoms with Crippen molar-refractivity contribution >= 4 is 16.8 Å². The van der Waals surface area contributed by atoms with Gasteiger partial charge in [-0.25, -0.2) is 0 Å². The van der Waals surface area contributed by atoms with E-state index in [9.17, 15) is 4.79 Å². The highest BCUT2D eigenvalue weighted by Gasteiger charge is 2.20. The van der Waals surface area contributed by atoms with Gasteiger partial charge in [0.1, 0.15) is 6.54 Å². The minimum absolute atomic E-state index is 0.00204. The Labute approximate surface area is 177 Å². The van der Waals surface area contributed by atoms with Crippen molar-refractivity contribution in [1.82, 2.24) is 25.0 Å². The van der Waals surface area contributed by atoms with Gasteiger partial charge in [-0.3, -0.25) is 9.69 Å². The Kier molecular flexibility index (Phi) is 6.18. The lowest BCUT2D eigenvalue weighted by molar-refractivity contribution is -0.122. The van der Waals surface area contributed by atoms with Crippen LogP contribution in [-0.2, 0) is 17.9 Å². The van der Waals surface area contributed by atoms with Crippen molar-refractivity contribution in [3.8, 4) is 11.5 Å². The first-order valence-corrected chi connectivity index (χ1v) is 11.0. The molecule has 0 unspecified atom stereocenters. The second kappa shape index (κ2) is 9.00. The first kappa shape index (κ1) is 20.6. The molecule has 30 heavy (non-hydrogen) atoms. The number of nitrogens with one attached hydrogen (secondary N) is 1. The third-order valence-corrected chi connectivity index (χ3v) is 6.05. The number of benzene rings is 1. The first-order chi connectivity index (χ1) is 14.5. The smallest absolute Gasteiger partial charge is 0.249 e. The zero-order valence-electron chi connectivity index (χ0n) is 18.1. The summed E-state index contributed by atoms with van der Waals surface area (Å²) in [6.07, 6.45) is 5.28. The number of fused-ring (bicyclic) bond motifs is 1. The van der Waals surface area contributed by atoms with Crippen molar-refractivity contribution in [1.29, 1.82) is 0 Å². The molecule has 0 saturated carbocycles. The number of piperidine rings is 1. The van der Waals surface area contributed by atoms with Gasteiger partial charge in [-0.15, -0.1) is 10.2 Å². The summed E-state index contributed by atoms with van der Waals surface area (Å²) in [5, 5.41) is 12.6. The van der Waals surface area contributed by atoms with Crippen LogP contribution in [0.5, 0.6) is 0 Å². The van der Waals surface area contributed by atoms with Crippen LogP contribution in [0.1, 0.15) is 45.9 Å². The average molecular weight is 410 g/mol. The van der Waals surface area contributed by atoms with E-state index in [4.69, 9.17) is 4.42 Å². The normalized spacial score (nSPS) is 16.8. The molecule has 3 aromatic rings. The Bertz CT molecular complexity index is 1000. The van der Waals surface area contributed by atoms with Gasteiger partial charge >= 0.3 is 0 Å². The van der Waals surface area contributed by atoms with Gasteiger partial charge in [0.15, 0.2) is 0 Å². The second-order valence-corrected chi connectivity index (χ2v) is 8.52. The minimum atomic E-state index is 0.00204. The zero-order chi connectivity index (χ0) is 21.1. The number of para-hydroxylation sites is 1. The van der Waals surface area contributed by atoms with Crippen LogP contribution in [0.2, 0.25) is 0 Å². The molecule has 3 heterocycles. The van der Waals surface area contributed by atoms with Crippen LogP contribution in [0.15, 0.2) is 34.9 Å². The molecule has 0 spiro atoms. The molecule has 1 saturated heterocycles. The standard InChI is InChI=1S/C23H31N5O2/c1-4-17(3)24-21(29)14-28-13-19(18-7-5-6-8-20(18)28)23-26-25-22(30-23)15-27-11-9-16(2)10-12-27/h5-8,13,16-17H,4,9-12,14-15H2,1-3H3,(H,24,29)/t17-/m0/s1. The van der Waals surface area contributed by atoms with Gasteiger partial charge in [0.2, 0.25) is 17.7 Å². The Morgan fingerprint density at radius 1 is 1.27 bits per heavy atom. The van der Waals surface area contributed by atoms with E-state index in [1.165, 1.54) is 12.8 Å². The lowest BCUT2D eigenvalue weighted by atomic mass is 9.99. The van der Waals surface area contributed by atoms with Crippen molar-refractivity contribution in [3.05, 3.63) is 36.4 Å². The van der Waals surface area contributed by atoms with E-state index in [-0.39, 0.29) is 18.5 Å². The van der Waals surface area contributed by atoms with Crippen LogP contribution < -0.4 is 5.32 Å². The van der Waals surface area contributed by atoms with Crippen molar-refractivity contribution in [2.45, 2.75) is 59.2 Å². The van der Waals surface area contributed by atoms with Crippen molar-refractivity contribution in [3.63, 3.8) is 0 Å². The van der Waals surface area contributed by atoms with Gasteiger partial charge in [-0.2, -0.15) is 0 Å². The van der Waals surface area contributed by atoms with E-state index in [2.05, 4.69) is 34.3 Å². The zero-order valence-corrected chi connectivity index (χ0v) is 18.1. The van der Waals surface area contributed by atoms with Gasteiger partial charge in [-0.1, -0.05) is 32.0 Å². The summed E-state index contributed by atoms with van der Waals surface area (Å²) in [5.41, 5.74) is 1.85. The molecular weight excluding hydrogens is 378 g/mol. The van der Waals surface area contributed by atoms with E-state index in [0.717, 1.165) is 41.9 Å². The summed E-state index contributed by atoms with van der Waals surface area (Å²) < 4.78 is 7.99. The van der Waals surface area contributed by atoms with Gasteiger partial charge < -0.3 is 14.3 Å². The van der Waals surface area contributed by atoms with E-state index in [1.807, 2.05) is 42.0 Å². The van der Waals surface area contributed by atoms with Gasteiger partial charge in [0.05, 0.1) is 12.1 Å². The fourth-order valence-corrected chi connectivity index (χ4v) is 3.96. The molecule has 7 nitrogen and oxygen atoms in total. The SMILES string of the molecule is CC[C@H](C)NC(=O)Cn1cc(-c2nnc(CN3CCC(C)CC3)o2)c2ccccc21. The molecule has 4 rings (SSSR count). The number of likely N-dealkylation sites (tertiary alicyclic amines) is 1. The largest absolute Gasteiger partial charge is 0.419 e. The predicted octanol–water partition coefficient (Wildman–Crippen LogP) is 3.84. The lowest BCUT2D eigenvalue weighted by Gasteiger charge is -2.28. The number of hydrogen-bond acceptors (Lipinski definition) is 5. The third-order valence-electron chi connectivity index (χ3n) is 6.05. The maximum Gasteiger partial charge on any atom is 0.249 e. The molecule has 1 N–H and O–H groups in total. The monoisotopic (exact) mass is 409 g/mol. The molecule has 7 heteroatoms. The minimum Gasteiger partial charge on any atom is -0.419 e. The van der Waals surface area contributed by atoms with Crippen LogP contribution in [0.4, 0.5) is 0 Å². The number of carbonyl (C=O) groups is 1. The van der Waals surface area contributed by atoms with Crippen LogP contribution in [0.3, 0.4) is 0 Å². The first-order valence-electron chi connectivity index (χ1n) is 11.0. The highest BCUT2D eigenvalue weighted by atomic mass is 16.4. The number of carbonyl (C=O) groups excluding carboxylic acids is 1. The number of aromatic nitrogens is 3. The maximum atomic E-state index is 12.4. The van der Waals surface area contributed by atoms with Crippen LogP contribution in [0, 0.1) is 5.92 Å². The molecule has 1 atom stereocenters. The number of amides is 1. The number of hydrogen-bond donors (Lipinski definition) is 1. The lowest BCUT2D eigenvalue weighted by Crippen LogP contribution is -2.34. The topological polar surface area (TPSA) is 76.2 Å². The van der Waals surface area contributed by atoms with Crippen LogP contribution in [0.25, 0.3) is 22.4 Å². The van der Waals surface area contributed by atoms with Crippen molar-refractivity contribution in [2.24, 2.45) is 5.92 Å². The van der Waals surface area contributed by atoms with Crippen molar-refractivity contribution in [2.75, 3.05) is 13.1 Å². The molecule has 0 radical (unpaired) electrons.